The standard InChI is InChI=1S/C20H25NO3/c1-15-12-19(16(2)24-15)20(22)21(13-17-6-4-3-5-7-17)14-18-8-10-23-11-9-18/h3-7,12,18H,8-11,13-14H2,1-2H3. The molecular weight excluding hydrogens is 302 g/mol. The second-order valence-corrected chi connectivity index (χ2v) is 6.55. The van der Waals surface area contributed by atoms with E-state index in [4.69, 9.17) is 9.15 Å². The molecule has 0 bridgehead atoms. The molecule has 1 saturated heterocycles. The van der Waals surface area contributed by atoms with Gasteiger partial charge in [0, 0.05) is 26.3 Å². The molecule has 1 amide bonds. The topological polar surface area (TPSA) is 42.7 Å². The number of carbonyl (C=O) groups excluding carboxylic acids is 1. The Balaban J connectivity index is 1.80. The summed E-state index contributed by atoms with van der Waals surface area (Å²) in [5.41, 5.74) is 1.83. The lowest BCUT2D eigenvalue weighted by Crippen LogP contribution is -2.37. The molecule has 1 aliphatic heterocycles. The van der Waals surface area contributed by atoms with Gasteiger partial charge in [-0.25, -0.2) is 0 Å². The van der Waals surface area contributed by atoms with Crippen LogP contribution in [-0.4, -0.2) is 30.6 Å². The third kappa shape index (κ3) is 4.06. The molecule has 24 heavy (non-hydrogen) atoms. The maximum absolute atomic E-state index is 13.1. The molecule has 1 aliphatic rings. The predicted octanol–water partition coefficient (Wildman–Crippen LogP) is 3.97. The monoisotopic (exact) mass is 327 g/mol. The number of hydrogen-bond donors (Lipinski definition) is 0. The van der Waals surface area contributed by atoms with Crippen molar-refractivity contribution in [2.45, 2.75) is 33.2 Å². The zero-order valence-corrected chi connectivity index (χ0v) is 14.5. The van der Waals surface area contributed by atoms with Gasteiger partial charge in [-0.05, 0) is 44.2 Å². The fourth-order valence-electron chi connectivity index (χ4n) is 3.28. The molecule has 1 fully saturated rings. The van der Waals surface area contributed by atoms with Gasteiger partial charge >= 0.3 is 0 Å². The lowest BCUT2D eigenvalue weighted by Gasteiger charge is -2.30. The largest absolute Gasteiger partial charge is 0.466 e. The molecule has 2 heterocycles. The summed E-state index contributed by atoms with van der Waals surface area (Å²) < 4.78 is 11.0. The molecule has 0 spiro atoms. The number of rotatable bonds is 5. The summed E-state index contributed by atoms with van der Waals surface area (Å²) in [6.45, 7) is 6.71. The quantitative estimate of drug-likeness (QED) is 0.834. The van der Waals surface area contributed by atoms with Crippen molar-refractivity contribution < 1.29 is 13.9 Å². The normalized spacial score (nSPS) is 15.4. The van der Waals surface area contributed by atoms with Crippen molar-refractivity contribution in [1.29, 1.82) is 0 Å². The van der Waals surface area contributed by atoms with Crippen LogP contribution in [0.5, 0.6) is 0 Å². The number of furan rings is 1. The van der Waals surface area contributed by atoms with Gasteiger partial charge in [-0.1, -0.05) is 30.3 Å². The summed E-state index contributed by atoms with van der Waals surface area (Å²) in [5.74, 6) is 2.03. The van der Waals surface area contributed by atoms with E-state index in [9.17, 15) is 4.79 Å². The molecule has 2 aromatic rings. The van der Waals surface area contributed by atoms with Crippen molar-refractivity contribution in [1.82, 2.24) is 4.90 Å². The summed E-state index contributed by atoms with van der Waals surface area (Å²) in [7, 11) is 0. The smallest absolute Gasteiger partial charge is 0.257 e. The molecule has 0 N–H and O–H groups in total. The van der Waals surface area contributed by atoms with Gasteiger partial charge in [-0.3, -0.25) is 4.79 Å². The van der Waals surface area contributed by atoms with Gasteiger partial charge in [0.25, 0.3) is 5.91 Å². The number of ether oxygens (including phenoxy) is 1. The van der Waals surface area contributed by atoms with Crippen LogP contribution in [0.2, 0.25) is 0 Å². The summed E-state index contributed by atoms with van der Waals surface area (Å²) >= 11 is 0. The molecule has 0 atom stereocenters. The van der Waals surface area contributed by atoms with E-state index in [0.29, 0.717) is 23.8 Å². The molecule has 1 aromatic heterocycles. The summed E-state index contributed by atoms with van der Waals surface area (Å²) in [5, 5.41) is 0. The van der Waals surface area contributed by atoms with Crippen LogP contribution in [0.1, 0.15) is 40.3 Å². The van der Waals surface area contributed by atoms with Crippen molar-refractivity contribution in [3.63, 3.8) is 0 Å². The van der Waals surface area contributed by atoms with Gasteiger partial charge in [0.05, 0.1) is 5.56 Å². The Morgan fingerprint density at radius 3 is 2.50 bits per heavy atom. The lowest BCUT2D eigenvalue weighted by atomic mass is 9.99. The minimum absolute atomic E-state index is 0.0553. The third-order valence-electron chi connectivity index (χ3n) is 4.59. The highest BCUT2D eigenvalue weighted by molar-refractivity contribution is 5.95. The molecule has 4 nitrogen and oxygen atoms in total. The highest BCUT2D eigenvalue weighted by atomic mass is 16.5. The van der Waals surface area contributed by atoms with E-state index in [-0.39, 0.29) is 5.91 Å². The molecular formula is C20H25NO3. The summed E-state index contributed by atoms with van der Waals surface area (Å²) in [4.78, 5) is 15.1. The summed E-state index contributed by atoms with van der Waals surface area (Å²) in [6.07, 6.45) is 2.03. The van der Waals surface area contributed by atoms with Crippen LogP contribution < -0.4 is 0 Å². The number of benzene rings is 1. The first-order valence-electron chi connectivity index (χ1n) is 8.61. The van der Waals surface area contributed by atoms with Crippen molar-refractivity contribution in [3.8, 4) is 0 Å². The molecule has 0 saturated carbocycles. The van der Waals surface area contributed by atoms with Crippen LogP contribution in [0.25, 0.3) is 0 Å². The minimum Gasteiger partial charge on any atom is -0.466 e. The second-order valence-electron chi connectivity index (χ2n) is 6.55. The van der Waals surface area contributed by atoms with Crippen LogP contribution in [0.15, 0.2) is 40.8 Å². The lowest BCUT2D eigenvalue weighted by molar-refractivity contribution is 0.0445. The number of hydrogen-bond acceptors (Lipinski definition) is 3. The minimum atomic E-state index is 0.0553. The van der Waals surface area contributed by atoms with Gasteiger partial charge in [0.1, 0.15) is 11.5 Å². The van der Waals surface area contributed by atoms with Crippen LogP contribution >= 0.6 is 0 Å². The maximum Gasteiger partial charge on any atom is 0.257 e. The highest BCUT2D eigenvalue weighted by Crippen LogP contribution is 2.22. The number of carbonyl (C=O) groups is 1. The Hall–Kier alpha value is -2.07. The van der Waals surface area contributed by atoms with Gasteiger partial charge in [-0.15, -0.1) is 0 Å². The SMILES string of the molecule is Cc1cc(C(=O)N(Cc2ccccc2)CC2CCOCC2)c(C)o1. The fourth-order valence-corrected chi connectivity index (χ4v) is 3.28. The first kappa shape index (κ1) is 16.8. The molecule has 1 aromatic carbocycles. The van der Waals surface area contributed by atoms with Crippen molar-refractivity contribution in [2.24, 2.45) is 5.92 Å². The average molecular weight is 327 g/mol. The molecule has 128 valence electrons. The first-order valence-corrected chi connectivity index (χ1v) is 8.61. The van der Waals surface area contributed by atoms with E-state index in [2.05, 4.69) is 12.1 Å². The average Bonchev–Trinajstić information content (AvgIpc) is 2.94. The van der Waals surface area contributed by atoms with Crippen molar-refractivity contribution >= 4 is 5.91 Å². The van der Waals surface area contributed by atoms with Gasteiger partial charge in [0.2, 0.25) is 0 Å². The van der Waals surface area contributed by atoms with Gasteiger partial charge < -0.3 is 14.1 Å². The number of amides is 1. The van der Waals surface area contributed by atoms with E-state index in [0.717, 1.165) is 43.9 Å². The van der Waals surface area contributed by atoms with E-state index in [1.54, 1.807) is 0 Å². The first-order chi connectivity index (χ1) is 11.6. The van der Waals surface area contributed by atoms with Crippen molar-refractivity contribution in [3.05, 3.63) is 59.0 Å². The van der Waals surface area contributed by atoms with E-state index in [1.807, 2.05) is 43.0 Å². The van der Waals surface area contributed by atoms with Crippen LogP contribution in [0.4, 0.5) is 0 Å². The van der Waals surface area contributed by atoms with Gasteiger partial charge in [0.15, 0.2) is 0 Å². The van der Waals surface area contributed by atoms with Gasteiger partial charge in [-0.2, -0.15) is 0 Å². The number of nitrogens with zero attached hydrogens (tertiary/aromatic N) is 1. The maximum atomic E-state index is 13.1. The fraction of sp³-hybridized carbons (Fsp3) is 0.450. The van der Waals surface area contributed by atoms with Crippen LogP contribution in [0.3, 0.4) is 0 Å². The summed E-state index contributed by atoms with van der Waals surface area (Å²) in [6, 6.07) is 12.0. The molecule has 3 rings (SSSR count). The molecule has 0 aliphatic carbocycles. The second kappa shape index (κ2) is 7.67. The van der Waals surface area contributed by atoms with E-state index >= 15 is 0 Å². The number of aryl methyl sites for hydroxylation is 2. The Bertz CT molecular complexity index is 671. The predicted molar refractivity (Wildman–Crippen MR) is 92.9 cm³/mol. The highest BCUT2D eigenvalue weighted by Gasteiger charge is 2.24. The Labute approximate surface area is 143 Å². The molecule has 0 unspecified atom stereocenters. The van der Waals surface area contributed by atoms with E-state index in [1.165, 1.54) is 0 Å². The zero-order chi connectivity index (χ0) is 16.9. The van der Waals surface area contributed by atoms with E-state index < -0.39 is 0 Å². The Morgan fingerprint density at radius 1 is 1.17 bits per heavy atom. The molecule has 0 radical (unpaired) electrons. The zero-order valence-electron chi connectivity index (χ0n) is 14.5. The molecule has 4 heteroatoms. The van der Waals surface area contributed by atoms with Crippen LogP contribution in [0, 0.1) is 19.8 Å². The van der Waals surface area contributed by atoms with Crippen LogP contribution in [-0.2, 0) is 11.3 Å². The Morgan fingerprint density at radius 2 is 1.88 bits per heavy atom. The third-order valence-corrected chi connectivity index (χ3v) is 4.59. The van der Waals surface area contributed by atoms with Crippen molar-refractivity contribution in [2.75, 3.05) is 19.8 Å². The Kier molecular flexibility index (Phi) is 5.36.